The van der Waals surface area contributed by atoms with Crippen LogP contribution in [0.15, 0.2) is 41.0 Å². The summed E-state index contributed by atoms with van der Waals surface area (Å²) in [6.07, 6.45) is 1.38. The smallest absolute Gasteiger partial charge is 0.223 e. The molecule has 0 bridgehead atoms. The first-order valence-corrected chi connectivity index (χ1v) is 6.28. The van der Waals surface area contributed by atoms with Crippen molar-refractivity contribution in [1.82, 2.24) is 15.0 Å². The molecule has 0 aliphatic rings. The Morgan fingerprint density at radius 3 is 2.79 bits per heavy atom. The predicted octanol–water partition coefficient (Wildman–Crippen LogP) is 3.18. The number of halogens is 2. The monoisotopic (exact) mass is 318 g/mol. The fraction of sp³-hybridized carbons (Fsp3) is 0. The first kappa shape index (κ1) is 12.0. The van der Waals surface area contributed by atoms with Crippen LogP contribution in [-0.2, 0) is 0 Å². The highest BCUT2D eigenvalue weighted by Gasteiger charge is 2.11. The third kappa shape index (κ3) is 2.15. The fourth-order valence-electron chi connectivity index (χ4n) is 1.80. The summed E-state index contributed by atoms with van der Waals surface area (Å²) in [5, 5.41) is 0.724. The molecule has 2 heterocycles. The second kappa shape index (κ2) is 4.55. The molecule has 0 aliphatic heterocycles. The second-order valence-corrected chi connectivity index (χ2v) is 4.85. The van der Waals surface area contributed by atoms with E-state index in [1.807, 2.05) is 12.1 Å². The van der Waals surface area contributed by atoms with E-state index in [1.165, 1.54) is 6.20 Å². The summed E-state index contributed by atoms with van der Waals surface area (Å²) in [5.74, 6) is -0.0687. The highest BCUT2D eigenvalue weighted by molar-refractivity contribution is 9.10. The van der Waals surface area contributed by atoms with Gasteiger partial charge in [0, 0.05) is 16.1 Å². The lowest BCUT2D eigenvalue weighted by molar-refractivity contribution is 0.586. The summed E-state index contributed by atoms with van der Waals surface area (Å²) in [7, 11) is 0. The summed E-state index contributed by atoms with van der Waals surface area (Å²) in [4.78, 5) is 12.0. The van der Waals surface area contributed by atoms with Gasteiger partial charge in [0.25, 0.3) is 0 Å². The van der Waals surface area contributed by atoms with Crippen molar-refractivity contribution >= 4 is 32.7 Å². The highest BCUT2D eigenvalue weighted by Crippen LogP contribution is 2.26. The first-order chi connectivity index (χ1) is 9.15. The Balaban J connectivity index is 2.27. The van der Waals surface area contributed by atoms with Crippen LogP contribution in [0.1, 0.15) is 0 Å². The number of hydrogen-bond donors (Lipinski definition) is 1. The van der Waals surface area contributed by atoms with Crippen LogP contribution in [0.2, 0.25) is 0 Å². The van der Waals surface area contributed by atoms with E-state index >= 15 is 0 Å². The molecular weight excluding hydrogens is 311 g/mol. The number of rotatable bonds is 1. The molecule has 6 heteroatoms. The van der Waals surface area contributed by atoms with Crippen LogP contribution in [0, 0.1) is 5.95 Å². The second-order valence-electron chi connectivity index (χ2n) is 3.94. The minimum atomic E-state index is -0.613. The first-order valence-electron chi connectivity index (χ1n) is 5.49. The van der Waals surface area contributed by atoms with Crippen LogP contribution in [0.5, 0.6) is 0 Å². The molecule has 0 aliphatic carbocycles. The molecule has 94 valence electrons. The van der Waals surface area contributed by atoms with E-state index in [4.69, 9.17) is 5.73 Å². The normalized spacial score (nSPS) is 10.8. The lowest BCUT2D eigenvalue weighted by Crippen LogP contribution is -1.99. The molecule has 2 aromatic heterocycles. The summed E-state index contributed by atoms with van der Waals surface area (Å²) < 4.78 is 14.5. The maximum atomic E-state index is 13.6. The number of hydrogen-bond acceptors (Lipinski definition) is 4. The van der Waals surface area contributed by atoms with Gasteiger partial charge in [0.1, 0.15) is 5.82 Å². The van der Waals surface area contributed by atoms with Crippen molar-refractivity contribution in [2.75, 3.05) is 5.73 Å². The van der Waals surface area contributed by atoms with Gasteiger partial charge in [-0.05, 0) is 30.3 Å². The minimum absolute atomic E-state index is 0.234. The van der Waals surface area contributed by atoms with Gasteiger partial charge in [-0.25, -0.2) is 15.0 Å². The molecule has 3 rings (SSSR count). The molecule has 0 radical (unpaired) electrons. The summed E-state index contributed by atoms with van der Waals surface area (Å²) in [6, 6.07) is 8.67. The standard InChI is InChI=1S/C13H8BrFN4/c14-7-3-4-10-9(6-7)12(16)19-13(18-10)8-2-1-5-17-11(8)15/h1-6H,(H2,16,18,19). The molecule has 0 saturated carbocycles. The van der Waals surface area contributed by atoms with E-state index in [9.17, 15) is 4.39 Å². The molecule has 0 atom stereocenters. The van der Waals surface area contributed by atoms with Crippen molar-refractivity contribution in [1.29, 1.82) is 0 Å². The van der Waals surface area contributed by atoms with E-state index < -0.39 is 5.95 Å². The summed E-state index contributed by atoms with van der Waals surface area (Å²) >= 11 is 3.36. The number of pyridine rings is 1. The van der Waals surface area contributed by atoms with Gasteiger partial charge in [0.15, 0.2) is 5.82 Å². The molecule has 0 fully saturated rings. The van der Waals surface area contributed by atoms with Crippen LogP contribution in [0.4, 0.5) is 10.2 Å². The maximum absolute atomic E-state index is 13.6. The predicted molar refractivity (Wildman–Crippen MR) is 74.8 cm³/mol. The molecule has 0 amide bonds. The zero-order chi connectivity index (χ0) is 13.4. The average Bonchev–Trinajstić information content (AvgIpc) is 2.40. The van der Waals surface area contributed by atoms with Crippen molar-refractivity contribution in [3.8, 4) is 11.4 Å². The lowest BCUT2D eigenvalue weighted by atomic mass is 10.2. The van der Waals surface area contributed by atoms with Gasteiger partial charge in [-0.15, -0.1) is 0 Å². The van der Waals surface area contributed by atoms with E-state index in [1.54, 1.807) is 18.2 Å². The summed E-state index contributed by atoms with van der Waals surface area (Å²) in [6.45, 7) is 0. The topological polar surface area (TPSA) is 64.7 Å². The number of aromatic nitrogens is 3. The van der Waals surface area contributed by atoms with Gasteiger partial charge >= 0.3 is 0 Å². The zero-order valence-electron chi connectivity index (χ0n) is 9.64. The molecular formula is C13H8BrFN4. The molecule has 3 aromatic rings. The number of anilines is 1. The zero-order valence-corrected chi connectivity index (χ0v) is 11.2. The van der Waals surface area contributed by atoms with E-state index in [-0.39, 0.29) is 11.4 Å². The quantitative estimate of drug-likeness (QED) is 0.700. The van der Waals surface area contributed by atoms with Crippen LogP contribution in [0.3, 0.4) is 0 Å². The Labute approximate surface area is 116 Å². The average molecular weight is 319 g/mol. The number of fused-ring (bicyclic) bond motifs is 1. The Bertz CT molecular complexity index is 776. The van der Waals surface area contributed by atoms with Crippen LogP contribution in [0.25, 0.3) is 22.3 Å². The van der Waals surface area contributed by atoms with Gasteiger partial charge in [-0.1, -0.05) is 15.9 Å². The van der Waals surface area contributed by atoms with E-state index in [2.05, 4.69) is 30.9 Å². The summed E-state index contributed by atoms with van der Waals surface area (Å²) in [5.41, 5.74) is 6.79. The van der Waals surface area contributed by atoms with Gasteiger partial charge < -0.3 is 5.73 Å². The molecule has 0 spiro atoms. The molecule has 0 unspecified atom stereocenters. The highest BCUT2D eigenvalue weighted by atomic mass is 79.9. The minimum Gasteiger partial charge on any atom is -0.383 e. The van der Waals surface area contributed by atoms with Gasteiger partial charge in [-0.3, -0.25) is 0 Å². The number of nitrogen functional groups attached to an aromatic ring is 1. The van der Waals surface area contributed by atoms with E-state index in [0.29, 0.717) is 11.3 Å². The third-order valence-electron chi connectivity index (χ3n) is 2.69. The Hall–Kier alpha value is -2.08. The third-order valence-corrected chi connectivity index (χ3v) is 3.18. The van der Waals surface area contributed by atoms with Crippen LogP contribution >= 0.6 is 15.9 Å². The van der Waals surface area contributed by atoms with Gasteiger partial charge in [0.05, 0.1) is 11.1 Å². The number of nitrogens with two attached hydrogens (primary N) is 1. The Morgan fingerprint density at radius 2 is 2.00 bits per heavy atom. The Kier molecular flexibility index (Phi) is 2.87. The largest absolute Gasteiger partial charge is 0.383 e. The van der Waals surface area contributed by atoms with Crippen molar-refractivity contribution in [3.63, 3.8) is 0 Å². The molecule has 0 saturated heterocycles. The van der Waals surface area contributed by atoms with Crippen molar-refractivity contribution in [2.45, 2.75) is 0 Å². The number of benzene rings is 1. The van der Waals surface area contributed by atoms with Gasteiger partial charge in [0.2, 0.25) is 5.95 Å². The van der Waals surface area contributed by atoms with Gasteiger partial charge in [-0.2, -0.15) is 4.39 Å². The van der Waals surface area contributed by atoms with Crippen LogP contribution < -0.4 is 5.73 Å². The molecule has 2 N–H and O–H groups in total. The number of nitrogens with zero attached hydrogens (tertiary/aromatic N) is 3. The Morgan fingerprint density at radius 1 is 1.16 bits per heavy atom. The van der Waals surface area contributed by atoms with E-state index in [0.717, 1.165) is 9.86 Å². The molecule has 4 nitrogen and oxygen atoms in total. The van der Waals surface area contributed by atoms with Crippen molar-refractivity contribution in [3.05, 3.63) is 46.9 Å². The molecule has 1 aromatic carbocycles. The SMILES string of the molecule is Nc1nc(-c2cccnc2F)nc2ccc(Br)cc12. The lowest BCUT2D eigenvalue weighted by Gasteiger charge is -2.06. The fourth-order valence-corrected chi connectivity index (χ4v) is 2.16. The van der Waals surface area contributed by atoms with Crippen molar-refractivity contribution < 1.29 is 4.39 Å². The van der Waals surface area contributed by atoms with Crippen LogP contribution in [-0.4, -0.2) is 15.0 Å². The maximum Gasteiger partial charge on any atom is 0.223 e. The molecule has 19 heavy (non-hydrogen) atoms. The van der Waals surface area contributed by atoms with Crippen molar-refractivity contribution in [2.24, 2.45) is 0 Å².